The molecule has 0 bridgehead atoms. The van der Waals surface area contributed by atoms with Crippen LogP contribution in [0.4, 0.5) is 15.9 Å². The number of hydrogen-bond donors (Lipinski definition) is 1. The van der Waals surface area contributed by atoms with Crippen LogP contribution in [-0.4, -0.2) is 21.3 Å². The van der Waals surface area contributed by atoms with Crippen LogP contribution in [0.5, 0.6) is 0 Å². The van der Waals surface area contributed by atoms with Crippen LogP contribution in [-0.2, 0) is 11.4 Å². The molecule has 24 heavy (non-hydrogen) atoms. The maximum atomic E-state index is 13.0. The highest BCUT2D eigenvalue weighted by atomic mass is 32.2. The Morgan fingerprint density at radius 2 is 1.79 bits per heavy atom. The maximum absolute atomic E-state index is 13.0. The molecule has 1 heterocycles. The zero-order chi connectivity index (χ0) is 17.9. The summed E-state index contributed by atoms with van der Waals surface area (Å²) in [5, 5.41) is 0. The van der Waals surface area contributed by atoms with Gasteiger partial charge in [-0.2, -0.15) is 0 Å². The summed E-state index contributed by atoms with van der Waals surface area (Å²) in [6, 6.07) is 10.1. The summed E-state index contributed by atoms with van der Waals surface area (Å²) in [5.74, 6) is 0.497. The first-order valence-electron chi connectivity index (χ1n) is 7.82. The lowest BCUT2D eigenvalue weighted by atomic mass is 10.1. The molecule has 1 aromatic carbocycles. The summed E-state index contributed by atoms with van der Waals surface area (Å²) in [5.41, 5.74) is 1.82. The minimum Gasteiger partial charge on any atom is -0.598 e. The van der Waals surface area contributed by atoms with Gasteiger partial charge in [0.2, 0.25) is 0 Å². The second-order valence-electron chi connectivity index (χ2n) is 6.71. The molecule has 4 nitrogen and oxygen atoms in total. The minimum atomic E-state index is -1.14. The quantitative estimate of drug-likeness (QED) is 0.826. The summed E-state index contributed by atoms with van der Waals surface area (Å²) in [6.07, 6.45) is 1.77. The molecule has 0 aliphatic rings. The van der Waals surface area contributed by atoms with Gasteiger partial charge in [0.25, 0.3) is 0 Å². The molecule has 0 amide bonds. The molecular formula is C18H24FN3OS. The number of aromatic nitrogens is 1. The zero-order valence-corrected chi connectivity index (χ0v) is 15.5. The van der Waals surface area contributed by atoms with Crippen molar-refractivity contribution in [1.82, 2.24) is 9.71 Å². The third kappa shape index (κ3) is 4.69. The smallest absolute Gasteiger partial charge is 0.136 e. The van der Waals surface area contributed by atoms with Crippen molar-refractivity contribution in [2.24, 2.45) is 0 Å². The molecule has 0 fully saturated rings. The molecule has 6 heteroatoms. The number of hydrogen-bond acceptors (Lipinski definition) is 4. The molecule has 1 N–H and O–H groups in total. The molecule has 2 aromatic rings. The molecule has 0 radical (unpaired) electrons. The lowest BCUT2D eigenvalue weighted by molar-refractivity contribution is 0.531. The van der Waals surface area contributed by atoms with Crippen molar-refractivity contribution >= 4 is 22.9 Å². The first kappa shape index (κ1) is 18.7. The Kier molecular flexibility index (Phi) is 5.85. The number of halogens is 1. The Balaban J connectivity index is 2.08. The average Bonchev–Trinajstić information content (AvgIpc) is 2.54. The lowest BCUT2D eigenvalue weighted by Gasteiger charge is -2.26. The Hall–Kier alpha value is -1.63. The van der Waals surface area contributed by atoms with Gasteiger partial charge in [0.15, 0.2) is 0 Å². The second kappa shape index (κ2) is 7.51. The van der Waals surface area contributed by atoms with E-state index in [0.29, 0.717) is 0 Å². The van der Waals surface area contributed by atoms with E-state index in [9.17, 15) is 8.94 Å². The first-order valence-corrected chi connectivity index (χ1v) is 8.97. The summed E-state index contributed by atoms with van der Waals surface area (Å²) in [7, 11) is 1.88. The molecule has 0 saturated heterocycles. The van der Waals surface area contributed by atoms with Crippen LogP contribution in [0.15, 0.2) is 42.6 Å². The number of benzene rings is 1. The van der Waals surface area contributed by atoms with E-state index in [2.05, 4.69) is 9.71 Å². The molecule has 1 unspecified atom stereocenters. The summed E-state index contributed by atoms with van der Waals surface area (Å²) >= 11 is -1.14. The molecule has 1 aromatic heterocycles. The van der Waals surface area contributed by atoms with E-state index in [4.69, 9.17) is 0 Å². The number of nitrogens with zero attached hydrogens (tertiary/aromatic N) is 2. The van der Waals surface area contributed by atoms with Gasteiger partial charge in [-0.25, -0.2) is 9.37 Å². The number of pyridine rings is 1. The van der Waals surface area contributed by atoms with E-state index in [1.54, 1.807) is 18.3 Å². The van der Waals surface area contributed by atoms with Crippen LogP contribution in [0, 0.1) is 5.82 Å². The number of anilines is 2. The van der Waals surface area contributed by atoms with E-state index in [-0.39, 0.29) is 16.6 Å². The highest BCUT2D eigenvalue weighted by Gasteiger charge is 2.28. The summed E-state index contributed by atoms with van der Waals surface area (Å²) in [4.78, 5) is 6.34. The third-order valence-corrected chi connectivity index (χ3v) is 5.35. The van der Waals surface area contributed by atoms with E-state index in [1.165, 1.54) is 12.1 Å². The summed E-state index contributed by atoms with van der Waals surface area (Å²) in [6.45, 7) is 7.76. The fraction of sp³-hybridized carbons (Fsp3) is 0.389. The molecule has 2 atom stereocenters. The van der Waals surface area contributed by atoms with Gasteiger partial charge >= 0.3 is 0 Å². The topological polar surface area (TPSA) is 51.2 Å². The van der Waals surface area contributed by atoms with E-state index in [1.807, 2.05) is 51.8 Å². The second-order valence-corrected chi connectivity index (χ2v) is 8.70. The van der Waals surface area contributed by atoms with Crippen molar-refractivity contribution in [1.29, 1.82) is 0 Å². The molecule has 0 aliphatic heterocycles. The predicted molar refractivity (Wildman–Crippen MR) is 98.1 cm³/mol. The SMILES string of the molecule is C[C@H](N[S+]([O-])C(C)(C)C)c1ccc(N(C)c2ccc(F)cc2)nc1. The maximum Gasteiger partial charge on any atom is 0.136 e. The first-order chi connectivity index (χ1) is 11.2. The van der Waals surface area contributed by atoms with Crippen molar-refractivity contribution in [3.05, 3.63) is 54.0 Å². The molecule has 0 saturated carbocycles. The number of rotatable bonds is 5. The molecular weight excluding hydrogens is 325 g/mol. The van der Waals surface area contributed by atoms with Gasteiger partial charge in [0, 0.05) is 30.3 Å². The van der Waals surface area contributed by atoms with Gasteiger partial charge in [-0.1, -0.05) is 6.07 Å². The standard InChI is InChI=1S/C18H24FN3OS/c1-13(21-24(23)18(2,3)4)14-6-11-17(20-12-14)22(5)16-9-7-15(19)8-10-16/h6-13,21H,1-5H3/t13-,24?/m0/s1. The van der Waals surface area contributed by atoms with Gasteiger partial charge in [-0.3, -0.25) is 0 Å². The van der Waals surface area contributed by atoms with E-state index in [0.717, 1.165) is 17.1 Å². The monoisotopic (exact) mass is 349 g/mol. The highest BCUT2D eigenvalue weighted by Crippen LogP contribution is 2.24. The average molecular weight is 349 g/mol. The zero-order valence-electron chi connectivity index (χ0n) is 14.7. The van der Waals surface area contributed by atoms with E-state index >= 15 is 0 Å². The Morgan fingerprint density at radius 1 is 1.17 bits per heavy atom. The van der Waals surface area contributed by atoms with Crippen molar-refractivity contribution in [2.45, 2.75) is 38.5 Å². The molecule has 130 valence electrons. The van der Waals surface area contributed by atoms with Crippen molar-refractivity contribution in [2.75, 3.05) is 11.9 Å². The lowest BCUT2D eigenvalue weighted by Crippen LogP contribution is -2.40. The predicted octanol–water partition coefficient (Wildman–Crippen LogP) is 4.10. The van der Waals surface area contributed by atoms with Crippen molar-refractivity contribution in [3.8, 4) is 0 Å². The Labute approximate surface area is 146 Å². The van der Waals surface area contributed by atoms with Crippen LogP contribution in [0.2, 0.25) is 0 Å². The fourth-order valence-corrected chi connectivity index (χ4v) is 2.87. The Bertz CT molecular complexity index is 655. The van der Waals surface area contributed by atoms with Gasteiger partial charge in [-0.15, -0.1) is 4.72 Å². The normalized spacial score (nSPS) is 14.3. The van der Waals surface area contributed by atoms with Crippen LogP contribution in [0.3, 0.4) is 0 Å². The van der Waals surface area contributed by atoms with Crippen molar-refractivity contribution < 1.29 is 8.94 Å². The van der Waals surface area contributed by atoms with E-state index < -0.39 is 11.4 Å². The fourth-order valence-electron chi connectivity index (χ4n) is 2.05. The van der Waals surface area contributed by atoms with Crippen LogP contribution >= 0.6 is 0 Å². The largest absolute Gasteiger partial charge is 0.598 e. The third-order valence-electron chi connectivity index (χ3n) is 3.67. The summed E-state index contributed by atoms with van der Waals surface area (Å²) < 4.78 is 28.0. The van der Waals surface area contributed by atoms with Gasteiger partial charge < -0.3 is 9.45 Å². The van der Waals surface area contributed by atoms with Gasteiger partial charge in [-0.05, 0) is 63.6 Å². The molecule has 0 aliphatic carbocycles. The van der Waals surface area contributed by atoms with Crippen LogP contribution in [0.25, 0.3) is 0 Å². The molecule has 0 spiro atoms. The number of nitrogens with one attached hydrogen (secondary N) is 1. The van der Waals surface area contributed by atoms with Crippen LogP contribution in [0.1, 0.15) is 39.3 Å². The highest BCUT2D eigenvalue weighted by molar-refractivity contribution is 7.90. The van der Waals surface area contributed by atoms with Gasteiger partial charge in [0.1, 0.15) is 16.4 Å². The van der Waals surface area contributed by atoms with Gasteiger partial charge in [0.05, 0.1) is 6.04 Å². The van der Waals surface area contributed by atoms with Crippen molar-refractivity contribution in [3.63, 3.8) is 0 Å². The van der Waals surface area contributed by atoms with Crippen LogP contribution < -0.4 is 9.62 Å². The minimum absolute atomic E-state index is 0.0669. The molecule has 2 rings (SSSR count). The Morgan fingerprint density at radius 3 is 2.29 bits per heavy atom.